The summed E-state index contributed by atoms with van der Waals surface area (Å²) >= 11 is 0. The Hall–Kier alpha value is -1.98. The fraction of sp³-hybridized carbons (Fsp3) is 0.522. The molecule has 1 aromatic rings. The predicted octanol–water partition coefficient (Wildman–Crippen LogP) is 4.37. The number of likely N-dealkylation sites (tertiary alicyclic amines) is 1. The molecule has 0 saturated carbocycles. The molecule has 0 radical (unpaired) electrons. The van der Waals surface area contributed by atoms with Gasteiger partial charge >= 0.3 is 5.97 Å². The van der Waals surface area contributed by atoms with Crippen LogP contribution in [0.4, 0.5) is 4.39 Å². The van der Waals surface area contributed by atoms with E-state index in [1.807, 2.05) is 18.2 Å². The number of hydrogen-bond acceptors (Lipinski definition) is 3. The Bertz CT molecular complexity index is 681. The number of carbonyl (C=O) groups is 1. The zero-order valence-electron chi connectivity index (χ0n) is 16.5. The number of halogens is 1. The van der Waals surface area contributed by atoms with E-state index in [0.717, 1.165) is 38.8 Å². The van der Waals surface area contributed by atoms with Gasteiger partial charge in [0.25, 0.3) is 0 Å². The molecule has 1 aliphatic heterocycles. The highest BCUT2D eigenvalue weighted by atomic mass is 19.1. The van der Waals surface area contributed by atoms with Crippen molar-refractivity contribution in [3.63, 3.8) is 0 Å². The lowest BCUT2D eigenvalue weighted by Crippen LogP contribution is -2.52. The second kappa shape index (κ2) is 9.48. The average molecular weight is 387 g/mol. The molecule has 0 spiro atoms. The first kappa shape index (κ1) is 20.7. The smallest absolute Gasteiger partial charge is 0.314 e. The molecule has 5 heteroatoms. The zero-order valence-corrected chi connectivity index (χ0v) is 16.5. The van der Waals surface area contributed by atoms with E-state index in [1.54, 1.807) is 0 Å². The van der Waals surface area contributed by atoms with Gasteiger partial charge in [0.2, 0.25) is 0 Å². The van der Waals surface area contributed by atoms with Gasteiger partial charge in [-0.05, 0) is 37.0 Å². The quantitative estimate of drug-likeness (QED) is 0.673. The number of nitrogens with zero attached hydrogens (tertiary/aromatic N) is 1. The minimum Gasteiger partial charge on any atom is -0.481 e. The Balaban J connectivity index is 1.56. The van der Waals surface area contributed by atoms with Crippen LogP contribution >= 0.6 is 0 Å². The van der Waals surface area contributed by atoms with Crippen LogP contribution in [0.5, 0.6) is 0 Å². The fourth-order valence-electron chi connectivity index (χ4n) is 4.11. The number of rotatable bonds is 8. The van der Waals surface area contributed by atoms with E-state index in [0.29, 0.717) is 6.61 Å². The lowest BCUT2D eigenvalue weighted by atomic mass is 9.84. The Kier molecular flexibility index (Phi) is 7.03. The van der Waals surface area contributed by atoms with Gasteiger partial charge in [-0.3, -0.25) is 9.69 Å². The maximum absolute atomic E-state index is 15.7. The number of ether oxygens (including phenoxy) is 1. The van der Waals surface area contributed by atoms with E-state index in [-0.39, 0.29) is 12.1 Å². The van der Waals surface area contributed by atoms with E-state index < -0.39 is 17.6 Å². The van der Waals surface area contributed by atoms with E-state index in [4.69, 9.17) is 9.84 Å². The van der Waals surface area contributed by atoms with Crippen LogP contribution < -0.4 is 0 Å². The molecular weight excluding hydrogens is 357 g/mol. The number of carboxylic acid groups (broad SMARTS) is 1. The Labute approximate surface area is 166 Å². The van der Waals surface area contributed by atoms with Gasteiger partial charge in [0.15, 0.2) is 5.67 Å². The Morgan fingerprint density at radius 2 is 1.89 bits per heavy atom. The summed E-state index contributed by atoms with van der Waals surface area (Å²) < 4.78 is 21.7. The molecule has 3 rings (SSSR count). The van der Waals surface area contributed by atoms with Crippen LogP contribution in [0, 0.1) is 5.92 Å². The predicted molar refractivity (Wildman–Crippen MR) is 108 cm³/mol. The van der Waals surface area contributed by atoms with Crippen molar-refractivity contribution in [2.24, 2.45) is 5.92 Å². The van der Waals surface area contributed by atoms with Gasteiger partial charge in [0.05, 0.1) is 24.7 Å². The van der Waals surface area contributed by atoms with Crippen LogP contribution in [0.25, 0.3) is 0 Å². The molecule has 1 saturated heterocycles. The topological polar surface area (TPSA) is 49.8 Å². The number of piperidine rings is 1. The van der Waals surface area contributed by atoms with Crippen LogP contribution in [0.15, 0.2) is 54.6 Å². The van der Waals surface area contributed by atoms with Crippen molar-refractivity contribution >= 4 is 5.97 Å². The summed E-state index contributed by atoms with van der Waals surface area (Å²) in [7, 11) is 0. The molecule has 1 aromatic carbocycles. The highest BCUT2D eigenvalue weighted by Crippen LogP contribution is 2.34. The van der Waals surface area contributed by atoms with Crippen molar-refractivity contribution in [2.45, 2.75) is 57.0 Å². The summed E-state index contributed by atoms with van der Waals surface area (Å²) in [4.78, 5) is 13.3. The van der Waals surface area contributed by atoms with Crippen LogP contribution in [0.3, 0.4) is 0 Å². The second-order valence-electron chi connectivity index (χ2n) is 7.75. The van der Waals surface area contributed by atoms with E-state index in [9.17, 15) is 4.79 Å². The maximum atomic E-state index is 15.7. The number of hydrogen-bond donors (Lipinski definition) is 1. The van der Waals surface area contributed by atoms with Crippen LogP contribution in [0.1, 0.15) is 38.2 Å². The molecular formula is C23H30FNO3. The monoisotopic (exact) mass is 387 g/mol. The van der Waals surface area contributed by atoms with Gasteiger partial charge in [-0.15, -0.1) is 0 Å². The minimum absolute atomic E-state index is 0.197. The van der Waals surface area contributed by atoms with Gasteiger partial charge in [0.1, 0.15) is 0 Å². The van der Waals surface area contributed by atoms with Gasteiger partial charge < -0.3 is 9.84 Å². The first-order chi connectivity index (χ1) is 13.5. The number of aliphatic carboxylic acids is 1. The van der Waals surface area contributed by atoms with Crippen LogP contribution in [0.2, 0.25) is 0 Å². The fourth-order valence-corrected chi connectivity index (χ4v) is 4.11. The van der Waals surface area contributed by atoms with Crippen molar-refractivity contribution in [2.75, 3.05) is 13.1 Å². The molecule has 0 bridgehead atoms. The molecule has 1 unspecified atom stereocenters. The number of benzene rings is 1. The normalized spacial score (nSPS) is 27.0. The molecule has 1 heterocycles. The first-order valence-electron chi connectivity index (χ1n) is 10.2. The van der Waals surface area contributed by atoms with Crippen molar-refractivity contribution in [1.82, 2.24) is 4.90 Å². The van der Waals surface area contributed by atoms with E-state index >= 15 is 4.39 Å². The minimum atomic E-state index is -1.61. The van der Waals surface area contributed by atoms with Gasteiger partial charge in [-0.25, -0.2) is 4.39 Å². The average Bonchev–Trinajstić information content (AvgIpc) is 2.72. The summed E-state index contributed by atoms with van der Waals surface area (Å²) in [5.74, 6) is -1.68. The van der Waals surface area contributed by atoms with Gasteiger partial charge in [-0.1, -0.05) is 55.8 Å². The molecule has 0 amide bonds. The number of carboxylic acids is 1. The van der Waals surface area contributed by atoms with Crippen molar-refractivity contribution < 1.29 is 19.0 Å². The van der Waals surface area contributed by atoms with Gasteiger partial charge in [0, 0.05) is 13.1 Å². The molecule has 1 aliphatic carbocycles. The largest absolute Gasteiger partial charge is 0.481 e. The zero-order chi connectivity index (χ0) is 20.0. The summed E-state index contributed by atoms with van der Waals surface area (Å²) in [6.45, 7) is 4.25. The third kappa shape index (κ3) is 5.09. The summed E-state index contributed by atoms with van der Waals surface area (Å²) in [5, 5.41) is 9.11. The molecule has 1 fully saturated rings. The Morgan fingerprint density at radius 1 is 1.25 bits per heavy atom. The van der Waals surface area contributed by atoms with E-state index in [1.165, 1.54) is 29.9 Å². The second-order valence-corrected chi connectivity index (χ2v) is 7.75. The SMILES string of the molecule is CCCC(N1CCC(OCc2ccccc2)CC1)C1(F)C=CC(C(=O)O)C=C1. The number of alkyl halides is 1. The molecule has 0 aromatic heterocycles. The summed E-state index contributed by atoms with van der Waals surface area (Å²) in [6.07, 6.45) is 9.42. The van der Waals surface area contributed by atoms with Crippen molar-refractivity contribution in [3.8, 4) is 0 Å². The van der Waals surface area contributed by atoms with Crippen LogP contribution in [-0.4, -0.2) is 46.9 Å². The van der Waals surface area contributed by atoms with Crippen molar-refractivity contribution in [1.29, 1.82) is 0 Å². The Morgan fingerprint density at radius 3 is 2.46 bits per heavy atom. The molecule has 2 aliphatic rings. The molecule has 1 atom stereocenters. The maximum Gasteiger partial charge on any atom is 0.314 e. The summed E-state index contributed by atoms with van der Waals surface area (Å²) in [6, 6.07) is 9.87. The lowest BCUT2D eigenvalue weighted by Gasteiger charge is -2.43. The lowest BCUT2D eigenvalue weighted by molar-refractivity contribution is -0.138. The summed E-state index contributed by atoms with van der Waals surface area (Å²) in [5.41, 5.74) is -0.443. The van der Waals surface area contributed by atoms with E-state index in [2.05, 4.69) is 24.0 Å². The molecule has 152 valence electrons. The molecule has 28 heavy (non-hydrogen) atoms. The van der Waals surface area contributed by atoms with Crippen LogP contribution in [-0.2, 0) is 16.1 Å². The third-order valence-electron chi connectivity index (χ3n) is 5.72. The molecule has 4 nitrogen and oxygen atoms in total. The highest BCUT2D eigenvalue weighted by Gasteiger charge is 2.41. The molecule has 1 N–H and O–H groups in total. The first-order valence-corrected chi connectivity index (χ1v) is 10.2. The highest BCUT2D eigenvalue weighted by molar-refractivity contribution is 5.75. The van der Waals surface area contributed by atoms with Crippen molar-refractivity contribution in [3.05, 3.63) is 60.2 Å². The third-order valence-corrected chi connectivity index (χ3v) is 5.72. The standard InChI is InChI=1S/C23H30FNO3/c1-2-6-21(23(24)13-9-19(10-14-23)22(26)27)25-15-11-20(12-16-25)28-17-18-7-4-3-5-8-18/h3-5,7-10,13-14,19-21H,2,6,11-12,15-17H2,1H3,(H,26,27). The van der Waals surface area contributed by atoms with Gasteiger partial charge in [-0.2, -0.15) is 0 Å².